The van der Waals surface area contributed by atoms with Crippen molar-refractivity contribution in [2.45, 2.75) is 38.5 Å². The van der Waals surface area contributed by atoms with E-state index in [1.807, 2.05) is 0 Å². The highest BCUT2D eigenvalue weighted by atomic mass is 35.5. The van der Waals surface area contributed by atoms with Gasteiger partial charge in [-0.1, -0.05) is 37.4 Å². The first-order valence-corrected chi connectivity index (χ1v) is 6.14. The maximum atomic E-state index is 13.4. The fourth-order valence-electron chi connectivity index (χ4n) is 2.44. The normalized spacial score (nSPS) is 25.7. The first-order chi connectivity index (χ1) is 7.59. The zero-order chi connectivity index (χ0) is 11.7. The van der Waals surface area contributed by atoms with Crippen molar-refractivity contribution >= 4 is 11.6 Å². The molecule has 0 radical (unpaired) electrons. The number of phenols is 1. The highest BCUT2D eigenvalue weighted by molar-refractivity contribution is 6.31. The van der Waals surface area contributed by atoms with E-state index in [-0.39, 0.29) is 10.8 Å². The van der Waals surface area contributed by atoms with E-state index in [0.29, 0.717) is 5.92 Å². The summed E-state index contributed by atoms with van der Waals surface area (Å²) in [5, 5.41) is 9.30. The summed E-state index contributed by atoms with van der Waals surface area (Å²) in [5.41, 5.74) is 0.851. The Balaban J connectivity index is 2.24. The molecule has 1 aromatic carbocycles. The molecule has 0 spiro atoms. The minimum absolute atomic E-state index is 0.0968. The topological polar surface area (TPSA) is 20.2 Å². The van der Waals surface area contributed by atoms with Gasteiger partial charge in [0, 0.05) is 0 Å². The average Bonchev–Trinajstić information content (AvgIpc) is 2.28. The SMILES string of the molecule is CC1CCC(c2ccc(O)c(F)c2Cl)CC1. The molecular weight excluding hydrogens is 227 g/mol. The molecule has 0 amide bonds. The molecule has 0 saturated heterocycles. The van der Waals surface area contributed by atoms with Crippen LogP contribution < -0.4 is 0 Å². The van der Waals surface area contributed by atoms with Crippen LogP contribution in [0, 0.1) is 11.7 Å². The van der Waals surface area contributed by atoms with E-state index in [0.717, 1.165) is 24.3 Å². The van der Waals surface area contributed by atoms with Gasteiger partial charge in [-0.15, -0.1) is 0 Å². The van der Waals surface area contributed by atoms with Crippen molar-refractivity contribution in [2.75, 3.05) is 0 Å². The predicted molar refractivity (Wildman–Crippen MR) is 63.4 cm³/mol. The maximum Gasteiger partial charge on any atom is 0.183 e. The van der Waals surface area contributed by atoms with Crippen LogP contribution in [-0.2, 0) is 0 Å². The largest absolute Gasteiger partial charge is 0.505 e. The lowest BCUT2D eigenvalue weighted by Crippen LogP contribution is -2.11. The second kappa shape index (κ2) is 4.62. The molecule has 1 nitrogen and oxygen atoms in total. The molecule has 0 bridgehead atoms. The number of hydrogen-bond donors (Lipinski definition) is 1. The third-order valence-corrected chi connectivity index (χ3v) is 3.93. The zero-order valence-electron chi connectivity index (χ0n) is 9.34. The number of aromatic hydroxyl groups is 1. The maximum absolute atomic E-state index is 13.4. The predicted octanol–water partition coefficient (Wildman–Crippen LogP) is 4.48. The van der Waals surface area contributed by atoms with Crippen LogP contribution in [0.5, 0.6) is 5.75 Å². The Morgan fingerprint density at radius 3 is 2.50 bits per heavy atom. The lowest BCUT2D eigenvalue weighted by molar-refractivity contribution is 0.346. The van der Waals surface area contributed by atoms with Crippen LogP contribution in [0.25, 0.3) is 0 Å². The summed E-state index contributed by atoms with van der Waals surface area (Å²) in [6.07, 6.45) is 4.46. The van der Waals surface area contributed by atoms with Gasteiger partial charge in [0.2, 0.25) is 0 Å². The molecule has 3 heteroatoms. The Morgan fingerprint density at radius 1 is 1.25 bits per heavy atom. The van der Waals surface area contributed by atoms with Gasteiger partial charge in [0.05, 0.1) is 5.02 Å². The molecule has 88 valence electrons. The van der Waals surface area contributed by atoms with Crippen LogP contribution in [0.3, 0.4) is 0 Å². The van der Waals surface area contributed by atoms with E-state index in [1.165, 1.54) is 18.9 Å². The first-order valence-electron chi connectivity index (χ1n) is 5.76. The number of phenolic OH excluding ortho intramolecular Hbond substituents is 1. The van der Waals surface area contributed by atoms with Crippen LogP contribution in [-0.4, -0.2) is 5.11 Å². The number of hydrogen-bond acceptors (Lipinski definition) is 1. The number of rotatable bonds is 1. The molecule has 1 aliphatic carbocycles. The van der Waals surface area contributed by atoms with Crippen LogP contribution in [0.2, 0.25) is 5.02 Å². The van der Waals surface area contributed by atoms with E-state index >= 15 is 0 Å². The van der Waals surface area contributed by atoms with Crippen molar-refractivity contribution in [3.63, 3.8) is 0 Å². The molecule has 1 fully saturated rings. The standard InChI is InChI=1S/C13H16ClFO/c1-8-2-4-9(5-3-8)10-6-7-11(16)13(15)12(10)14/h6-9,16H,2-5H2,1H3. The second-order valence-corrected chi connectivity index (χ2v) is 5.14. The summed E-state index contributed by atoms with van der Waals surface area (Å²) < 4.78 is 13.4. The number of halogens is 2. The van der Waals surface area contributed by atoms with Gasteiger partial charge in [0.1, 0.15) is 0 Å². The van der Waals surface area contributed by atoms with Crippen molar-refractivity contribution in [3.8, 4) is 5.75 Å². The second-order valence-electron chi connectivity index (χ2n) is 4.76. The molecule has 0 aliphatic heterocycles. The Bertz CT molecular complexity index is 384. The van der Waals surface area contributed by atoms with Crippen molar-refractivity contribution in [1.82, 2.24) is 0 Å². The molecule has 1 saturated carbocycles. The van der Waals surface area contributed by atoms with Crippen molar-refractivity contribution in [1.29, 1.82) is 0 Å². The minimum Gasteiger partial charge on any atom is -0.505 e. The summed E-state index contributed by atoms with van der Waals surface area (Å²) in [6, 6.07) is 3.15. The molecule has 16 heavy (non-hydrogen) atoms. The van der Waals surface area contributed by atoms with Crippen molar-refractivity contribution < 1.29 is 9.50 Å². The van der Waals surface area contributed by atoms with Crippen LogP contribution in [0.1, 0.15) is 44.1 Å². The Morgan fingerprint density at radius 2 is 1.88 bits per heavy atom. The third-order valence-electron chi connectivity index (χ3n) is 3.55. The molecule has 1 aromatic rings. The van der Waals surface area contributed by atoms with Gasteiger partial charge in [-0.2, -0.15) is 0 Å². The van der Waals surface area contributed by atoms with Gasteiger partial charge in [-0.05, 0) is 36.3 Å². The van der Waals surface area contributed by atoms with Gasteiger partial charge in [0.25, 0.3) is 0 Å². The monoisotopic (exact) mass is 242 g/mol. The molecule has 0 heterocycles. The van der Waals surface area contributed by atoms with E-state index in [2.05, 4.69) is 6.92 Å². The molecule has 0 aromatic heterocycles. The minimum atomic E-state index is -0.683. The summed E-state index contributed by atoms with van der Waals surface area (Å²) in [6.45, 7) is 2.25. The van der Waals surface area contributed by atoms with Gasteiger partial charge >= 0.3 is 0 Å². The zero-order valence-corrected chi connectivity index (χ0v) is 10.1. The summed E-state index contributed by atoms with van der Waals surface area (Å²) >= 11 is 5.93. The molecular formula is C13H16ClFO. The summed E-state index contributed by atoms with van der Waals surface area (Å²) in [7, 11) is 0. The van der Waals surface area contributed by atoms with Crippen molar-refractivity contribution in [2.24, 2.45) is 5.92 Å². The van der Waals surface area contributed by atoms with Gasteiger partial charge < -0.3 is 5.11 Å². The fraction of sp³-hybridized carbons (Fsp3) is 0.538. The lowest BCUT2D eigenvalue weighted by atomic mass is 9.79. The molecule has 2 rings (SSSR count). The molecule has 1 N–H and O–H groups in total. The van der Waals surface area contributed by atoms with E-state index in [1.54, 1.807) is 6.07 Å². The van der Waals surface area contributed by atoms with E-state index < -0.39 is 5.82 Å². The Labute approximate surface area is 100 Å². The van der Waals surface area contributed by atoms with Gasteiger partial charge in [0.15, 0.2) is 11.6 Å². The first kappa shape index (κ1) is 11.7. The van der Waals surface area contributed by atoms with E-state index in [4.69, 9.17) is 11.6 Å². The average molecular weight is 243 g/mol. The highest BCUT2D eigenvalue weighted by Gasteiger charge is 2.23. The molecule has 0 unspecified atom stereocenters. The van der Waals surface area contributed by atoms with Gasteiger partial charge in [-0.3, -0.25) is 0 Å². The lowest BCUT2D eigenvalue weighted by Gasteiger charge is -2.27. The Hall–Kier alpha value is -0.760. The molecule has 1 aliphatic rings. The summed E-state index contributed by atoms with van der Waals surface area (Å²) in [4.78, 5) is 0. The fourth-order valence-corrected chi connectivity index (χ4v) is 2.75. The quantitative estimate of drug-likeness (QED) is 0.770. The molecule has 0 atom stereocenters. The van der Waals surface area contributed by atoms with E-state index in [9.17, 15) is 9.50 Å². The van der Waals surface area contributed by atoms with Gasteiger partial charge in [-0.25, -0.2) is 4.39 Å². The third kappa shape index (κ3) is 2.17. The van der Waals surface area contributed by atoms with Crippen LogP contribution >= 0.6 is 11.6 Å². The summed E-state index contributed by atoms with van der Waals surface area (Å²) in [5.74, 6) is 0.0616. The van der Waals surface area contributed by atoms with Crippen molar-refractivity contribution in [3.05, 3.63) is 28.5 Å². The van der Waals surface area contributed by atoms with Crippen LogP contribution in [0.4, 0.5) is 4.39 Å². The Kier molecular flexibility index (Phi) is 3.38. The smallest absolute Gasteiger partial charge is 0.183 e. The number of benzene rings is 1. The van der Waals surface area contributed by atoms with Crippen LogP contribution in [0.15, 0.2) is 12.1 Å². The highest BCUT2D eigenvalue weighted by Crippen LogP contribution is 2.40.